The predicted octanol–water partition coefficient (Wildman–Crippen LogP) is 9.59. The van der Waals surface area contributed by atoms with E-state index in [1.54, 1.807) is 5.56 Å². The summed E-state index contributed by atoms with van der Waals surface area (Å²) in [5, 5.41) is 0. The van der Waals surface area contributed by atoms with Crippen LogP contribution in [0.5, 0.6) is 0 Å². The topological polar surface area (TPSA) is 0 Å². The highest BCUT2D eigenvalue weighted by molar-refractivity contribution is 14.1. The van der Waals surface area contributed by atoms with E-state index in [-0.39, 0.29) is 0 Å². The first-order valence-corrected chi connectivity index (χ1v) is 14.7. The molecule has 3 aliphatic rings. The number of halogens is 1. The number of hydrogen-bond donors (Lipinski definition) is 0. The highest BCUT2D eigenvalue weighted by atomic mass is 127. The van der Waals surface area contributed by atoms with Gasteiger partial charge in [0.15, 0.2) is 0 Å². The molecule has 4 unspecified atom stereocenters. The third kappa shape index (κ3) is 6.39. The van der Waals surface area contributed by atoms with Crippen molar-refractivity contribution < 1.29 is 0 Å². The lowest BCUT2D eigenvalue weighted by molar-refractivity contribution is 0.176. The summed E-state index contributed by atoms with van der Waals surface area (Å²) in [4.78, 5) is 0. The third-order valence-electron chi connectivity index (χ3n) is 9.09. The molecule has 0 bridgehead atoms. The number of benzene rings is 1. The van der Waals surface area contributed by atoms with Crippen LogP contribution in [0.1, 0.15) is 102 Å². The van der Waals surface area contributed by atoms with Crippen molar-refractivity contribution in [2.24, 2.45) is 35.5 Å². The van der Waals surface area contributed by atoms with Crippen LogP contribution >= 0.6 is 22.6 Å². The summed E-state index contributed by atoms with van der Waals surface area (Å²) >= 11 is 2.92. The summed E-state index contributed by atoms with van der Waals surface area (Å²) in [6.07, 6.45) is 22.6. The maximum absolute atomic E-state index is 2.92. The van der Waals surface area contributed by atoms with Gasteiger partial charge in [-0.05, 0) is 79.6 Å². The van der Waals surface area contributed by atoms with Crippen molar-refractivity contribution in [3.05, 3.63) is 48.0 Å². The lowest BCUT2D eigenvalue weighted by Crippen LogP contribution is -2.33. The van der Waals surface area contributed by atoms with Gasteiger partial charge in [-0.15, -0.1) is 0 Å². The average Bonchev–Trinajstić information content (AvgIpc) is 2.95. The van der Waals surface area contributed by atoms with Crippen LogP contribution < -0.4 is 0 Å². The van der Waals surface area contributed by atoms with Crippen LogP contribution in [0, 0.1) is 35.5 Å². The summed E-state index contributed by atoms with van der Waals surface area (Å²) in [6.45, 7) is 4.99. The molecule has 0 N–H and O–H groups in total. The first kappa shape index (κ1) is 23.8. The largest absolute Gasteiger partial charge is 0.0879 e. The summed E-state index contributed by atoms with van der Waals surface area (Å²) in [6, 6.07) is 11.5. The average molecular weight is 533 g/mol. The lowest BCUT2D eigenvalue weighted by Gasteiger charge is -2.41. The number of rotatable bonds is 3. The van der Waals surface area contributed by atoms with Crippen molar-refractivity contribution >= 4 is 22.6 Å². The molecule has 1 heteroatoms. The highest BCUT2D eigenvalue weighted by Crippen LogP contribution is 2.48. The fourth-order valence-corrected chi connectivity index (χ4v) is 8.93. The van der Waals surface area contributed by atoms with Crippen LogP contribution in [0.25, 0.3) is 0 Å². The van der Waals surface area contributed by atoms with E-state index >= 15 is 0 Å². The molecule has 0 radical (unpaired) electrons. The van der Waals surface area contributed by atoms with Gasteiger partial charge in [-0.2, -0.15) is 0 Å². The van der Waals surface area contributed by atoms with Gasteiger partial charge in [0.1, 0.15) is 0 Å². The van der Waals surface area contributed by atoms with Crippen LogP contribution in [0.15, 0.2) is 42.5 Å². The molecule has 0 aliphatic heterocycles. The van der Waals surface area contributed by atoms with E-state index in [1.165, 1.54) is 77.0 Å². The minimum Gasteiger partial charge on any atom is -0.0879 e. The molecule has 4 rings (SSSR count). The Morgan fingerprint density at radius 3 is 2.19 bits per heavy atom. The van der Waals surface area contributed by atoms with E-state index in [4.69, 9.17) is 0 Å². The fourth-order valence-electron chi connectivity index (χ4n) is 7.25. The third-order valence-corrected chi connectivity index (χ3v) is 10.4. The van der Waals surface area contributed by atoms with Crippen LogP contribution in [-0.2, 0) is 0 Å². The predicted molar refractivity (Wildman–Crippen MR) is 144 cm³/mol. The van der Waals surface area contributed by atoms with Crippen LogP contribution in [-0.4, -0.2) is 3.92 Å². The van der Waals surface area contributed by atoms with Crippen molar-refractivity contribution in [1.29, 1.82) is 0 Å². The van der Waals surface area contributed by atoms with Gasteiger partial charge in [0.25, 0.3) is 0 Å². The Bertz CT molecular complexity index is 671. The van der Waals surface area contributed by atoms with Crippen molar-refractivity contribution in [3.63, 3.8) is 0 Å². The summed E-state index contributed by atoms with van der Waals surface area (Å²) in [5.41, 5.74) is 1.56. The van der Waals surface area contributed by atoms with E-state index in [9.17, 15) is 0 Å². The molecular formula is C30H45I. The lowest BCUT2D eigenvalue weighted by atomic mass is 9.67. The number of hydrogen-bond acceptors (Lipinski definition) is 0. The highest BCUT2D eigenvalue weighted by Gasteiger charge is 2.38. The maximum atomic E-state index is 2.92. The first-order valence-electron chi connectivity index (χ1n) is 13.5. The summed E-state index contributed by atoms with van der Waals surface area (Å²) < 4.78 is 0.799. The Kier molecular flexibility index (Phi) is 9.00. The second-order valence-corrected chi connectivity index (χ2v) is 13.0. The van der Waals surface area contributed by atoms with Gasteiger partial charge < -0.3 is 0 Å². The SMILES string of the molecule is CC1CCC(C2C(c3ccccc3)/C=C\CCC(C3CCCC[C@H](C)C3)C[C@@H]2I)CC1. The van der Waals surface area contributed by atoms with Gasteiger partial charge >= 0.3 is 0 Å². The van der Waals surface area contributed by atoms with E-state index in [2.05, 4.69) is 78.9 Å². The zero-order chi connectivity index (χ0) is 21.6. The van der Waals surface area contributed by atoms with Crippen LogP contribution in [0.2, 0.25) is 0 Å². The van der Waals surface area contributed by atoms with Gasteiger partial charge in [0, 0.05) is 9.84 Å². The monoisotopic (exact) mass is 532 g/mol. The molecule has 3 aliphatic carbocycles. The molecule has 0 spiro atoms. The zero-order valence-electron chi connectivity index (χ0n) is 20.0. The molecule has 2 fully saturated rings. The quantitative estimate of drug-likeness (QED) is 0.157. The first-order chi connectivity index (χ1) is 15.1. The molecule has 0 saturated heterocycles. The minimum atomic E-state index is 0.605. The maximum Gasteiger partial charge on any atom is 0.0152 e. The van der Waals surface area contributed by atoms with Gasteiger partial charge in [-0.25, -0.2) is 0 Å². The molecule has 0 amide bonds. The summed E-state index contributed by atoms with van der Waals surface area (Å²) in [7, 11) is 0. The molecule has 0 heterocycles. The van der Waals surface area contributed by atoms with E-state index in [1.807, 2.05) is 0 Å². The Morgan fingerprint density at radius 2 is 1.42 bits per heavy atom. The van der Waals surface area contributed by atoms with Gasteiger partial charge in [-0.3, -0.25) is 0 Å². The van der Waals surface area contributed by atoms with Gasteiger partial charge in [0.2, 0.25) is 0 Å². The Balaban J connectivity index is 1.59. The van der Waals surface area contributed by atoms with Crippen LogP contribution in [0.3, 0.4) is 0 Å². The smallest absolute Gasteiger partial charge is 0.0152 e. The minimum absolute atomic E-state index is 0.605. The van der Waals surface area contributed by atoms with E-state index in [0.29, 0.717) is 5.92 Å². The molecular weight excluding hydrogens is 487 g/mol. The second-order valence-electron chi connectivity index (χ2n) is 11.4. The molecule has 1 aromatic rings. The van der Waals surface area contributed by atoms with Gasteiger partial charge in [0.05, 0.1) is 0 Å². The van der Waals surface area contributed by atoms with Crippen LogP contribution in [0.4, 0.5) is 0 Å². The molecule has 0 aromatic heterocycles. The van der Waals surface area contributed by atoms with Gasteiger partial charge in [-0.1, -0.05) is 117 Å². The second kappa shape index (κ2) is 11.7. The van der Waals surface area contributed by atoms with Crippen molar-refractivity contribution in [1.82, 2.24) is 0 Å². The van der Waals surface area contributed by atoms with Crippen molar-refractivity contribution in [2.75, 3.05) is 0 Å². The number of allylic oxidation sites excluding steroid dienone is 2. The molecule has 31 heavy (non-hydrogen) atoms. The van der Waals surface area contributed by atoms with Crippen molar-refractivity contribution in [2.45, 2.75) is 101 Å². The van der Waals surface area contributed by atoms with E-state index in [0.717, 1.165) is 39.4 Å². The van der Waals surface area contributed by atoms with Crippen molar-refractivity contribution in [3.8, 4) is 0 Å². The molecule has 172 valence electrons. The Hall–Kier alpha value is -0.310. The molecule has 2 saturated carbocycles. The van der Waals surface area contributed by atoms with E-state index < -0.39 is 0 Å². The normalized spacial score (nSPS) is 41.4. The zero-order valence-corrected chi connectivity index (χ0v) is 22.2. The molecule has 0 nitrogen and oxygen atoms in total. The summed E-state index contributed by atoms with van der Waals surface area (Å²) in [5.74, 6) is 6.10. The fraction of sp³-hybridized carbons (Fsp3) is 0.733. The Morgan fingerprint density at radius 1 is 0.710 bits per heavy atom. The standard InChI is InChI=1S/C30H45I/c1-22-16-18-25(19-17-22)30-28(24-11-4-3-5-12-24)15-9-8-14-27(21-29(30)31)26-13-7-6-10-23(2)20-26/h3-5,9,11-12,15,22-23,25-30H,6-8,10,13-14,16-21H2,1-2H3/b15-9-/t22?,23-,25?,26?,27?,28?,29-,30?/m0/s1. The Labute approximate surface area is 206 Å². The molecule has 1 aromatic carbocycles. The molecule has 6 atom stereocenters. The number of alkyl halides is 1.